The van der Waals surface area contributed by atoms with Crippen LogP contribution >= 0.6 is 11.6 Å². The van der Waals surface area contributed by atoms with Crippen LogP contribution in [0.25, 0.3) is 0 Å². The summed E-state index contributed by atoms with van der Waals surface area (Å²) in [5.41, 5.74) is -0.0530. The minimum atomic E-state index is -0.996. The number of nitrogens with one attached hydrogen (secondary N) is 1. The van der Waals surface area contributed by atoms with Crippen LogP contribution in [0.2, 0.25) is 5.02 Å². The van der Waals surface area contributed by atoms with Gasteiger partial charge in [0.05, 0.1) is 6.04 Å². The molecule has 2 rings (SSSR count). The predicted molar refractivity (Wildman–Crippen MR) is 87.0 cm³/mol. The van der Waals surface area contributed by atoms with Crippen molar-refractivity contribution in [1.82, 2.24) is 10.3 Å². The van der Waals surface area contributed by atoms with E-state index in [-0.39, 0.29) is 11.9 Å². The topological polar surface area (TPSA) is 51.2 Å². The fourth-order valence-electron chi connectivity index (χ4n) is 1.93. The van der Waals surface area contributed by atoms with Crippen LogP contribution in [0.1, 0.15) is 32.4 Å². The molecular formula is C17H19ClN2O2. The zero-order valence-electron chi connectivity index (χ0n) is 12.8. The molecule has 4 nitrogen and oxygen atoms in total. The molecule has 22 heavy (non-hydrogen) atoms. The minimum absolute atomic E-state index is 0.144. The number of halogens is 1. The average Bonchev–Trinajstić information content (AvgIpc) is 2.50. The second kappa shape index (κ2) is 6.79. The molecule has 2 aromatic rings. The first-order valence-corrected chi connectivity index (χ1v) is 7.42. The van der Waals surface area contributed by atoms with Gasteiger partial charge in [-0.15, -0.1) is 0 Å². The summed E-state index contributed by atoms with van der Waals surface area (Å²) in [5.74, 6) is 0.400. The Morgan fingerprint density at radius 2 is 1.95 bits per heavy atom. The van der Waals surface area contributed by atoms with E-state index >= 15 is 0 Å². The molecule has 1 amide bonds. The molecule has 0 bridgehead atoms. The number of hydrogen-bond donors (Lipinski definition) is 1. The lowest BCUT2D eigenvalue weighted by Gasteiger charge is -2.27. The lowest BCUT2D eigenvalue weighted by molar-refractivity contribution is -0.134. The Balaban J connectivity index is 2.02. The van der Waals surface area contributed by atoms with E-state index in [9.17, 15) is 4.79 Å². The molecule has 0 saturated heterocycles. The zero-order valence-corrected chi connectivity index (χ0v) is 13.6. The van der Waals surface area contributed by atoms with Crippen molar-refractivity contribution in [3.63, 3.8) is 0 Å². The molecule has 1 atom stereocenters. The summed E-state index contributed by atoms with van der Waals surface area (Å²) in [6.07, 6.45) is 3.43. The van der Waals surface area contributed by atoms with Gasteiger partial charge in [-0.3, -0.25) is 9.78 Å². The number of carbonyl (C=O) groups excluding carboxylic acids is 1. The molecule has 0 aliphatic rings. The molecule has 0 aliphatic carbocycles. The van der Waals surface area contributed by atoms with Gasteiger partial charge in [0.15, 0.2) is 5.60 Å². The van der Waals surface area contributed by atoms with Gasteiger partial charge in [-0.2, -0.15) is 0 Å². The Kier molecular flexibility index (Phi) is 5.03. The maximum Gasteiger partial charge on any atom is 0.264 e. The molecule has 0 fully saturated rings. The maximum atomic E-state index is 12.4. The van der Waals surface area contributed by atoms with Crippen molar-refractivity contribution >= 4 is 17.5 Å². The maximum absolute atomic E-state index is 12.4. The number of rotatable bonds is 5. The largest absolute Gasteiger partial charge is 0.478 e. The van der Waals surface area contributed by atoms with Crippen LogP contribution in [0.4, 0.5) is 0 Å². The fraction of sp³-hybridized carbons (Fsp3) is 0.294. The molecule has 1 aromatic heterocycles. The van der Waals surface area contributed by atoms with Crippen molar-refractivity contribution in [3.05, 3.63) is 59.4 Å². The van der Waals surface area contributed by atoms with E-state index in [4.69, 9.17) is 16.3 Å². The van der Waals surface area contributed by atoms with Gasteiger partial charge in [0.2, 0.25) is 0 Å². The molecule has 5 heteroatoms. The van der Waals surface area contributed by atoms with Gasteiger partial charge in [0.25, 0.3) is 5.91 Å². The molecule has 0 saturated carbocycles. The summed E-state index contributed by atoms with van der Waals surface area (Å²) in [7, 11) is 0. The van der Waals surface area contributed by atoms with Gasteiger partial charge in [-0.1, -0.05) is 17.7 Å². The second-order valence-corrected chi connectivity index (χ2v) is 5.98. The van der Waals surface area contributed by atoms with E-state index in [1.54, 1.807) is 50.5 Å². The van der Waals surface area contributed by atoms with Gasteiger partial charge in [0, 0.05) is 17.4 Å². The van der Waals surface area contributed by atoms with E-state index in [2.05, 4.69) is 10.3 Å². The summed E-state index contributed by atoms with van der Waals surface area (Å²) < 4.78 is 5.77. The van der Waals surface area contributed by atoms with Crippen molar-refractivity contribution in [1.29, 1.82) is 0 Å². The van der Waals surface area contributed by atoms with Gasteiger partial charge in [0.1, 0.15) is 5.75 Å². The number of nitrogens with zero attached hydrogens (tertiary/aromatic N) is 1. The summed E-state index contributed by atoms with van der Waals surface area (Å²) in [5, 5.41) is 3.56. The Morgan fingerprint density at radius 3 is 2.55 bits per heavy atom. The second-order valence-electron chi connectivity index (χ2n) is 5.55. The van der Waals surface area contributed by atoms with E-state index in [1.165, 1.54) is 0 Å². The Labute approximate surface area is 135 Å². The molecule has 1 N–H and O–H groups in total. The SMILES string of the molecule is CC(NC(=O)C(C)(C)Oc1ccc(Cl)cc1)c1cccnc1. The summed E-state index contributed by atoms with van der Waals surface area (Å²) >= 11 is 5.84. The number of amides is 1. The van der Waals surface area contributed by atoms with Crippen LogP contribution in [-0.2, 0) is 4.79 Å². The number of benzene rings is 1. The van der Waals surface area contributed by atoms with Crippen LogP contribution in [-0.4, -0.2) is 16.5 Å². The normalized spacial score (nSPS) is 12.5. The quantitative estimate of drug-likeness (QED) is 0.913. The zero-order chi connectivity index (χ0) is 16.2. The van der Waals surface area contributed by atoms with Crippen LogP contribution in [0.3, 0.4) is 0 Å². The lowest BCUT2D eigenvalue weighted by atomic mass is 10.1. The molecule has 1 unspecified atom stereocenters. The van der Waals surface area contributed by atoms with Crippen molar-refractivity contribution < 1.29 is 9.53 Å². The van der Waals surface area contributed by atoms with Crippen molar-refractivity contribution in [2.45, 2.75) is 32.4 Å². The highest BCUT2D eigenvalue weighted by molar-refractivity contribution is 6.30. The van der Waals surface area contributed by atoms with Crippen LogP contribution in [0.5, 0.6) is 5.75 Å². The number of hydrogen-bond acceptors (Lipinski definition) is 3. The Bertz CT molecular complexity index is 627. The van der Waals surface area contributed by atoms with E-state index in [0.29, 0.717) is 10.8 Å². The number of ether oxygens (including phenoxy) is 1. The highest BCUT2D eigenvalue weighted by Crippen LogP contribution is 2.22. The summed E-state index contributed by atoms with van der Waals surface area (Å²) in [6.45, 7) is 5.37. The van der Waals surface area contributed by atoms with E-state index in [1.807, 2.05) is 19.1 Å². The predicted octanol–water partition coefficient (Wildman–Crippen LogP) is 3.77. The summed E-state index contributed by atoms with van der Waals surface area (Å²) in [6, 6.07) is 10.5. The number of aromatic nitrogens is 1. The van der Waals surface area contributed by atoms with Crippen molar-refractivity contribution in [2.75, 3.05) is 0 Å². The third-order valence-corrected chi connectivity index (χ3v) is 3.52. The number of carbonyl (C=O) groups is 1. The van der Waals surface area contributed by atoms with E-state index in [0.717, 1.165) is 5.56 Å². The van der Waals surface area contributed by atoms with Gasteiger partial charge in [-0.25, -0.2) is 0 Å². The Hall–Kier alpha value is -2.07. The monoisotopic (exact) mass is 318 g/mol. The first-order valence-electron chi connectivity index (χ1n) is 7.04. The summed E-state index contributed by atoms with van der Waals surface area (Å²) in [4.78, 5) is 16.5. The molecule has 116 valence electrons. The molecular weight excluding hydrogens is 300 g/mol. The third kappa shape index (κ3) is 4.21. The van der Waals surface area contributed by atoms with Crippen LogP contribution < -0.4 is 10.1 Å². The van der Waals surface area contributed by atoms with E-state index < -0.39 is 5.60 Å². The van der Waals surface area contributed by atoms with Crippen LogP contribution in [0, 0.1) is 0 Å². The first kappa shape index (κ1) is 16.3. The standard InChI is InChI=1S/C17H19ClN2O2/c1-12(13-5-4-10-19-11-13)20-16(21)17(2,3)22-15-8-6-14(18)7-9-15/h4-12H,1-3H3,(H,20,21). The van der Waals surface area contributed by atoms with Gasteiger partial charge >= 0.3 is 0 Å². The van der Waals surface area contributed by atoms with Gasteiger partial charge < -0.3 is 10.1 Å². The average molecular weight is 319 g/mol. The Morgan fingerprint density at radius 1 is 1.27 bits per heavy atom. The molecule has 0 spiro atoms. The highest BCUT2D eigenvalue weighted by atomic mass is 35.5. The fourth-order valence-corrected chi connectivity index (χ4v) is 2.06. The van der Waals surface area contributed by atoms with Crippen LogP contribution in [0.15, 0.2) is 48.8 Å². The third-order valence-electron chi connectivity index (χ3n) is 3.27. The first-order chi connectivity index (χ1) is 10.4. The highest BCUT2D eigenvalue weighted by Gasteiger charge is 2.31. The molecule has 1 aromatic carbocycles. The van der Waals surface area contributed by atoms with Crippen molar-refractivity contribution in [3.8, 4) is 5.75 Å². The molecule has 0 aliphatic heterocycles. The smallest absolute Gasteiger partial charge is 0.264 e. The molecule has 0 radical (unpaired) electrons. The van der Waals surface area contributed by atoms with Gasteiger partial charge in [-0.05, 0) is 56.7 Å². The van der Waals surface area contributed by atoms with Crippen molar-refractivity contribution in [2.24, 2.45) is 0 Å². The molecule has 1 heterocycles. The minimum Gasteiger partial charge on any atom is -0.478 e. The number of pyridine rings is 1. The lowest BCUT2D eigenvalue weighted by Crippen LogP contribution is -2.47.